The molecule has 2 rings (SSSR count). The van der Waals surface area contributed by atoms with Crippen LogP contribution in [0, 0.1) is 6.92 Å². The molecular weight excluding hydrogens is 252 g/mol. The van der Waals surface area contributed by atoms with Crippen LogP contribution >= 0.6 is 0 Å². The number of aromatic nitrogens is 2. The molecule has 2 aromatic rings. The molecular formula is C15H22N4O. The van der Waals surface area contributed by atoms with Crippen LogP contribution in [0.25, 0.3) is 11.5 Å². The second-order valence-corrected chi connectivity index (χ2v) is 5.20. The first-order valence-electron chi connectivity index (χ1n) is 6.90. The highest BCUT2D eigenvalue weighted by molar-refractivity contribution is 5.53. The number of benzene rings is 1. The second kappa shape index (κ2) is 7.17. The molecule has 0 bridgehead atoms. The van der Waals surface area contributed by atoms with Gasteiger partial charge in [0.05, 0.1) is 6.54 Å². The molecule has 0 spiro atoms. The molecule has 0 amide bonds. The fraction of sp³-hybridized carbons (Fsp3) is 0.467. The van der Waals surface area contributed by atoms with Crippen molar-refractivity contribution in [2.45, 2.75) is 19.9 Å². The van der Waals surface area contributed by atoms with Gasteiger partial charge in [-0.15, -0.1) is 10.2 Å². The summed E-state index contributed by atoms with van der Waals surface area (Å²) in [4.78, 5) is 2.17. The van der Waals surface area contributed by atoms with E-state index in [2.05, 4.69) is 34.5 Å². The Hall–Kier alpha value is -1.72. The summed E-state index contributed by atoms with van der Waals surface area (Å²) < 4.78 is 5.66. The van der Waals surface area contributed by atoms with Gasteiger partial charge in [0.25, 0.3) is 0 Å². The molecule has 0 radical (unpaired) electrons. The lowest BCUT2D eigenvalue weighted by atomic mass is 10.1. The highest BCUT2D eigenvalue weighted by Gasteiger charge is 2.07. The van der Waals surface area contributed by atoms with Crippen molar-refractivity contribution >= 4 is 0 Å². The number of hydrogen-bond acceptors (Lipinski definition) is 5. The van der Waals surface area contributed by atoms with E-state index >= 15 is 0 Å². The smallest absolute Gasteiger partial charge is 0.247 e. The Morgan fingerprint density at radius 2 is 2.10 bits per heavy atom. The quantitative estimate of drug-likeness (QED) is 0.783. The van der Waals surface area contributed by atoms with Gasteiger partial charge in [-0.2, -0.15) is 0 Å². The van der Waals surface area contributed by atoms with Gasteiger partial charge < -0.3 is 14.6 Å². The average molecular weight is 274 g/mol. The first-order chi connectivity index (χ1) is 9.65. The molecule has 0 unspecified atom stereocenters. The Morgan fingerprint density at radius 1 is 1.25 bits per heavy atom. The molecule has 1 heterocycles. The maximum Gasteiger partial charge on any atom is 0.247 e. The van der Waals surface area contributed by atoms with Crippen molar-refractivity contribution in [3.63, 3.8) is 0 Å². The molecule has 0 aliphatic carbocycles. The minimum Gasteiger partial charge on any atom is -0.419 e. The highest BCUT2D eigenvalue weighted by Crippen LogP contribution is 2.18. The first-order valence-corrected chi connectivity index (χ1v) is 6.90. The molecule has 0 saturated heterocycles. The Bertz CT molecular complexity index is 536. The zero-order valence-corrected chi connectivity index (χ0v) is 12.4. The number of hydrogen-bond donors (Lipinski definition) is 1. The summed E-state index contributed by atoms with van der Waals surface area (Å²) in [5.74, 6) is 1.21. The number of nitrogens with one attached hydrogen (secondary N) is 1. The molecule has 1 aromatic heterocycles. The fourth-order valence-electron chi connectivity index (χ4n) is 1.94. The fourth-order valence-corrected chi connectivity index (χ4v) is 1.94. The largest absolute Gasteiger partial charge is 0.419 e. The van der Waals surface area contributed by atoms with Crippen LogP contribution in [0.2, 0.25) is 0 Å². The van der Waals surface area contributed by atoms with E-state index in [4.69, 9.17) is 4.42 Å². The Morgan fingerprint density at radius 3 is 2.85 bits per heavy atom. The van der Waals surface area contributed by atoms with Crippen LogP contribution in [0.1, 0.15) is 17.9 Å². The lowest BCUT2D eigenvalue weighted by Gasteiger charge is -2.08. The second-order valence-electron chi connectivity index (χ2n) is 5.20. The zero-order chi connectivity index (χ0) is 14.4. The van der Waals surface area contributed by atoms with Gasteiger partial charge in [-0.3, -0.25) is 0 Å². The third kappa shape index (κ3) is 4.43. The van der Waals surface area contributed by atoms with Crippen LogP contribution in [0.4, 0.5) is 0 Å². The topological polar surface area (TPSA) is 54.2 Å². The van der Waals surface area contributed by atoms with E-state index in [1.807, 2.05) is 31.2 Å². The molecule has 108 valence electrons. The van der Waals surface area contributed by atoms with Crippen LogP contribution in [-0.2, 0) is 6.54 Å². The molecule has 0 saturated carbocycles. The molecule has 0 atom stereocenters. The molecule has 5 heteroatoms. The van der Waals surface area contributed by atoms with E-state index in [0.717, 1.165) is 25.1 Å². The number of aryl methyl sites for hydroxylation is 1. The maximum atomic E-state index is 5.66. The van der Waals surface area contributed by atoms with Crippen molar-refractivity contribution in [3.05, 3.63) is 35.7 Å². The summed E-state index contributed by atoms with van der Waals surface area (Å²) in [6, 6.07) is 8.07. The van der Waals surface area contributed by atoms with Crippen LogP contribution in [0.5, 0.6) is 0 Å². The Kier molecular flexibility index (Phi) is 5.26. The van der Waals surface area contributed by atoms with Crippen LogP contribution in [0.3, 0.4) is 0 Å². The van der Waals surface area contributed by atoms with E-state index < -0.39 is 0 Å². The lowest BCUT2D eigenvalue weighted by Crippen LogP contribution is -2.21. The van der Waals surface area contributed by atoms with Crippen molar-refractivity contribution in [1.29, 1.82) is 0 Å². The maximum absolute atomic E-state index is 5.66. The lowest BCUT2D eigenvalue weighted by molar-refractivity contribution is 0.390. The SMILES string of the molecule is Cc1cccc(-c2nnc(CNCCCN(C)C)o2)c1. The zero-order valence-electron chi connectivity index (χ0n) is 12.4. The summed E-state index contributed by atoms with van der Waals surface area (Å²) in [5.41, 5.74) is 2.15. The molecule has 20 heavy (non-hydrogen) atoms. The predicted octanol–water partition coefficient (Wildman–Crippen LogP) is 2.09. The summed E-state index contributed by atoms with van der Waals surface area (Å²) >= 11 is 0. The van der Waals surface area contributed by atoms with Crippen LogP contribution < -0.4 is 5.32 Å². The van der Waals surface area contributed by atoms with E-state index in [1.165, 1.54) is 5.56 Å². The van der Waals surface area contributed by atoms with Gasteiger partial charge in [0.2, 0.25) is 11.8 Å². The molecule has 1 N–H and O–H groups in total. The molecule has 5 nitrogen and oxygen atoms in total. The van der Waals surface area contributed by atoms with Gasteiger partial charge >= 0.3 is 0 Å². The van der Waals surface area contributed by atoms with E-state index in [9.17, 15) is 0 Å². The average Bonchev–Trinajstić information content (AvgIpc) is 2.87. The monoisotopic (exact) mass is 274 g/mol. The molecule has 0 aliphatic heterocycles. The summed E-state index contributed by atoms with van der Waals surface area (Å²) in [7, 11) is 4.15. The van der Waals surface area contributed by atoms with Gasteiger partial charge in [0, 0.05) is 5.56 Å². The van der Waals surface area contributed by atoms with Gasteiger partial charge in [0.1, 0.15) is 0 Å². The molecule has 0 aliphatic rings. The van der Waals surface area contributed by atoms with Crippen molar-refractivity contribution < 1.29 is 4.42 Å². The Labute approximate surface area is 120 Å². The summed E-state index contributed by atoms with van der Waals surface area (Å²) in [5, 5.41) is 11.5. The van der Waals surface area contributed by atoms with Gasteiger partial charge in [-0.1, -0.05) is 17.7 Å². The van der Waals surface area contributed by atoms with Crippen molar-refractivity contribution in [2.24, 2.45) is 0 Å². The Balaban J connectivity index is 1.83. The van der Waals surface area contributed by atoms with E-state index in [-0.39, 0.29) is 0 Å². The van der Waals surface area contributed by atoms with Gasteiger partial charge in [0.15, 0.2) is 0 Å². The minimum atomic E-state index is 0.582. The predicted molar refractivity (Wildman–Crippen MR) is 79.3 cm³/mol. The minimum absolute atomic E-state index is 0.582. The van der Waals surface area contributed by atoms with Crippen LogP contribution in [-0.4, -0.2) is 42.3 Å². The number of nitrogens with zero attached hydrogens (tertiary/aromatic N) is 3. The van der Waals surface area contributed by atoms with E-state index in [1.54, 1.807) is 0 Å². The standard InChI is InChI=1S/C15H22N4O/c1-12-6-4-7-13(10-12)15-18-17-14(20-15)11-16-8-5-9-19(2)3/h4,6-7,10,16H,5,8-9,11H2,1-3H3. The highest BCUT2D eigenvalue weighted by atomic mass is 16.4. The molecule has 1 aromatic carbocycles. The van der Waals surface area contributed by atoms with Crippen molar-refractivity contribution in [1.82, 2.24) is 20.4 Å². The van der Waals surface area contributed by atoms with Crippen molar-refractivity contribution in [3.8, 4) is 11.5 Å². The third-order valence-electron chi connectivity index (χ3n) is 2.97. The normalized spacial score (nSPS) is 11.2. The van der Waals surface area contributed by atoms with Gasteiger partial charge in [-0.05, 0) is 52.7 Å². The summed E-state index contributed by atoms with van der Waals surface area (Å²) in [6.07, 6.45) is 1.10. The van der Waals surface area contributed by atoms with Crippen molar-refractivity contribution in [2.75, 3.05) is 27.2 Å². The summed E-state index contributed by atoms with van der Waals surface area (Å²) in [6.45, 7) is 4.69. The third-order valence-corrected chi connectivity index (χ3v) is 2.97. The van der Waals surface area contributed by atoms with E-state index in [0.29, 0.717) is 18.3 Å². The van der Waals surface area contributed by atoms with Crippen LogP contribution in [0.15, 0.2) is 28.7 Å². The van der Waals surface area contributed by atoms with Gasteiger partial charge in [-0.25, -0.2) is 0 Å². The molecule has 0 fully saturated rings. The number of rotatable bonds is 7. The first kappa shape index (κ1) is 14.7.